The largest absolute Gasteiger partial charge is 0.381 e. The standard InChI is InChI=1S/C12H27NO/c1-3-12(2)8-5-4-6-10-14-11-7-9-13/h12H,3-11,13H2,1-2H3. The Morgan fingerprint density at radius 2 is 1.79 bits per heavy atom. The van der Waals surface area contributed by atoms with E-state index in [0.29, 0.717) is 0 Å². The number of unbranched alkanes of at least 4 members (excludes halogenated alkanes) is 2. The number of ether oxygens (including phenoxy) is 1. The SMILES string of the molecule is CCC(C)CCCCCOCCCN. The minimum absolute atomic E-state index is 0.744. The maximum atomic E-state index is 5.43. The summed E-state index contributed by atoms with van der Waals surface area (Å²) in [5, 5.41) is 0. The lowest BCUT2D eigenvalue weighted by Gasteiger charge is -2.07. The van der Waals surface area contributed by atoms with Crippen molar-refractivity contribution in [2.24, 2.45) is 11.7 Å². The van der Waals surface area contributed by atoms with Crippen LogP contribution in [0.5, 0.6) is 0 Å². The van der Waals surface area contributed by atoms with Gasteiger partial charge in [0.1, 0.15) is 0 Å². The fourth-order valence-electron chi connectivity index (χ4n) is 1.37. The van der Waals surface area contributed by atoms with Crippen molar-refractivity contribution in [3.05, 3.63) is 0 Å². The van der Waals surface area contributed by atoms with E-state index in [1.165, 1.54) is 32.1 Å². The van der Waals surface area contributed by atoms with Crippen molar-refractivity contribution in [2.75, 3.05) is 19.8 Å². The van der Waals surface area contributed by atoms with Crippen molar-refractivity contribution in [2.45, 2.75) is 52.4 Å². The van der Waals surface area contributed by atoms with E-state index in [-0.39, 0.29) is 0 Å². The molecule has 0 heterocycles. The molecule has 0 aliphatic rings. The van der Waals surface area contributed by atoms with Gasteiger partial charge in [0.05, 0.1) is 0 Å². The van der Waals surface area contributed by atoms with Gasteiger partial charge in [0.15, 0.2) is 0 Å². The third-order valence-corrected chi connectivity index (χ3v) is 2.68. The molecule has 0 saturated carbocycles. The quantitative estimate of drug-likeness (QED) is 0.552. The predicted molar refractivity (Wildman–Crippen MR) is 62.4 cm³/mol. The van der Waals surface area contributed by atoms with Crippen LogP contribution in [0.3, 0.4) is 0 Å². The highest BCUT2D eigenvalue weighted by atomic mass is 16.5. The van der Waals surface area contributed by atoms with E-state index in [2.05, 4.69) is 13.8 Å². The van der Waals surface area contributed by atoms with E-state index < -0.39 is 0 Å². The highest BCUT2D eigenvalue weighted by Crippen LogP contribution is 2.11. The molecular formula is C12H27NO. The molecule has 0 amide bonds. The zero-order chi connectivity index (χ0) is 10.6. The first-order chi connectivity index (χ1) is 6.81. The van der Waals surface area contributed by atoms with Crippen molar-refractivity contribution in [1.29, 1.82) is 0 Å². The van der Waals surface area contributed by atoms with Crippen LogP contribution in [0, 0.1) is 5.92 Å². The van der Waals surface area contributed by atoms with Crippen LogP contribution in [0.4, 0.5) is 0 Å². The molecule has 0 aromatic rings. The van der Waals surface area contributed by atoms with Crippen molar-refractivity contribution >= 4 is 0 Å². The summed E-state index contributed by atoms with van der Waals surface area (Å²) in [6.07, 6.45) is 7.56. The average Bonchev–Trinajstić information content (AvgIpc) is 2.21. The highest BCUT2D eigenvalue weighted by molar-refractivity contribution is 4.50. The Bertz CT molecular complexity index is 106. The van der Waals surface area contributed by atoms with Gasteiger partial charge in [-0.15, -0.1) is 0 Å². The highest BCUT2D eigenvalue weighted by Gasteiger charge is 1.97. The van der Waals surface area contributed by atoms with Crippen LogP contribution >= 0.6 is 0 Å². The first-order valence-corrected chi connectivity index (χ1v) is 6.09. The van der Waals surface area contributed by atoms with Crippen molar-refractivity contribution in [3.63, 3.8) is 0 Å². The number of hydrogen-bond donors (Lipinski definition) is 1. The van der Waals surface area contributed by atoms with Crippen LogP contribution in [0.1, 0.15) is 52.4 Å². The van der Waals surface area contributed by atoms with Crippen LogP contribution in [0.15, 0.2) is 0 Å². The van der Waals surface area contributed by atoms with Gasteiger partial charge < -0.3 is 10.5 Å². The normalized spacial score (nSPS) is 13.1. The molecule has 0 spiro atoms. The lowest BCUT2D eigenvalue weighted by molar-refractivity contribution is 0.128. The Labute approximate surface area is 89.2 Å². The first-order valence-electron chi connectivity index (χ1n) is 6.09. The monoisotopic (exact) mass is 201 g/mol. The summed E-state index contributed by atoms with van der Waals surface area (Å²) in [7, 11) is 0. The van der Waals surface area contributed by atoms with Crippen molar-refractivity contribution in [3.8, 4) is 0 Å². The Morgan fingerprint density at radius 3 is 2.43 bits per heavy atom. The molecule has 0 aromatic heterocycles. The van der Waals surface area contributed by atoms with E-state index >= 15 is 0 Å². The lowest BCUT2D eigenvalue weighted by atomic mass is 10.0. The second-order valence-electron chi connectivity index (χ2n) is 4.12. The van der Waals surface area contributed by atoms with Gasteiger partial charge in [-0.1, -0.05) is 39.5 Å². The second-order valence-corrected chi connectivity index (χ2v) is 4.12. The van der Waals surface area contributed by atoms with Crippen LogP contribution in [-0.4, -0.2) is 19.8 Å². The summed E-state index contributed by atoms with van der Waals surface area (Å²) < 4.78 is 5.43. The Hall–Kier alpha value is -0.0800. The first kappa shape index (κ1) is 13.9. The fraction of sp³-hybridized carbons (Fsp3) is 1.00. The van der Waals surface area contributed by atoms with Gasteiger partial charge in [-0.05, 0) is 25.3 Å². The summed E-state index contributed by atoms with van der Waals surface area (Å²) >= 11 is 0. The molecule has 0 radical (unpaired) electrons. The fourth-order valence-corrected chi connectivity index (χ4v) is 1.37. The van der Waals surface area contributed by atoms with Crippen LogP contribution < -0.4 is 5.73 Å². The Morgan fingerprint density at radius 1 is 1.07 bits per heavy atom. The van der Waals surface area contributed by atoms with E-state index in [1.54, 1.807) is 0 Å². The van der Waals surface area contributed by atoms with Crippen molar-refractivity contribution < 1.29 is 4.74 Å². The van der Waals surface area contributed by atoms with E-state index in [0.717, 1.165) is 32.1 Å². The maximum Gasteiger partial charge on any atom is 0.0478 e. The molecule has 0 bridgehead atoms. The van der Waals surface area contributed by atoms with E-state index in [9.17, 15) is 0 Å². The molecule has 14 heavy (non-hydrogen) atoms. The summed E-state index contributed by atoms with van der Waals surface area (Å²) in [6, 6.07) is 0. The zero-order valence-electron chi connectivity index (χ0n) is 9.93. The molecule has 0 fully saturated rings. The summed E-state index contributed by atoms with van der Waals surface area (Å²) in [5.74, 6) is 0.896. The topological polar surface area (TPSA) is 35.2 Å². The summed E-state index contributed by atoms with van der Waals surface area (Å²) in [4.78, 5) is 0. The molecule has 0 saturated heterocycles. The third-order valence-electron chi connectivity index (χ3n) is 2.68. The molecule has 0 rings (SSSR count). The lowest BCUT2D eigenvalue weighted by Crippen LogP contribution is -2.05. The van der Waals surface area contributed by atoms with Crippen LogP contribution in [0.25, 0.3) is 0 Å². The summed E-state index contributed by atoms with van der Waals surface area (Å²) in [6.45, 7) is 7.09. The zero-order valence-corrected chi connectivity index (χ0v) is 9.93. The molecule has 0 aliphatic heterocycles. The molecule has 2 heteroatoms. The predicted octanol–water partition coefficient (Wildman–Crippen LogP) is 2.96. The van der Waals surface area contributed by atoms with Gasteiger partial charge in [-0.3, -0.25) is 0 Å². The molecule has 1 unspecified atom stereocenters. The molecule has 0 aliphatic carbocycles. The Balaban J connectivity index is 2.92. The van der Waals surface area contributed by atoms with Gasteiger partial charge >= 0.3 is 0 Å². The third kappa shape index (κ3) is 10.0. The maximum absolute atomic E-state index is 5.43. The number of nitrogens with two attached hydrogens (primary N) is 1. The van der Waals surface area contributed by atoms with Gasteiger partial charge in [-0.2, -0.15) is 0 Å². The van der Waals surface area contributed by atoms with Crippen LogP contribution in [-0.2, 0) is 4.74 Å². The average molecular weight is 201 g/mol. The van der Waals surface area contributed by atoms with E-state index in [4.69, 9.17) is 10.5 Å². The smallest absolute Gasteiger partial charge is 0.0478 e. The molecule has 0 aromatic carbocycles. The van der Waals surface area contributed by atoms with Gasteiger partial charge in [0.2, 0.25) is 0 Å². The summed E-state index contributed by atoms with van der Waals surface area (Å²) in [5.41, 5.74) is 5.36. The molecule has 2 N–H and O–H groups in total. The molecule has 86 valence electrons. The van der Waals surface area contributed by atoms with Gasteiger partial charge in [-0.25, -0.2) is 0 Å². The molecule has 2 nitrogen and oxygen atoms in total. The molecule has 1 atom stereocenters. The molecular weight excluding hydrogens is 174 g/mol. The number of rotatable bonds is 10. The van der Waals surface area contributed by atoms with E-state index in [1.807, 2.05) is 0 Å². The second kappa shape index (κ2) is 11.0. The minimum atomic E-state index is 0.744. The van der Waals surface area contributed by atoms with Crippen molar-refractivity contribution in [1.82, 2.24) is 0 Å². The van der Waals surface area contributed by atoms with Gasteiger partial charge in [0, 0.05) is 13.2 Å². The van der Waals surface area contributed by atoms with Gasteiger partial charge in [0.25, 0.3) is 0 Å². The Kier molecular flexibility index (Phi) is 10.9. The minimum Gasteiger partial charge on any atom is -0.381 e. The number of hydrogen-bond acceptors (Lipinski definition) is 2. The van der Waals surface area contributed by atoms with Crippen LogP contribution in [0.2, 0.25) is 0 Å².